The first-order chi connectivity index (χ1) is 9.16. The number of nitrogens with one attached hydrogen (secondary N) is 1. The smallest absolute Gasteiger partial charge is 0.260 e. The third-order valence-corrected chi connectivity index (χ3v) is 3.19. The Morgan fingerprint density at radius 1 is 1.42 bits per heavy atom. The van der Waals surface area contributed by atoms with Crippen LogP contribution in [0.15, 0.2) is 18.2 Å². The molecule has 1 heterocycles. The molecule has 0 aromatic heterocycles. The molecule has 0 spiro atoms. The SMILES string of the molecule is Cc1ccc(F)cc1OCC(=O)N1CCCNCC1. The molecule has 0 atom stereocenters. The lowest BCUT2D eigenvalue weighted by molar-refractivity contribution is -0.133. The highest BCUT2D eigenvalue weighted by molar-refractivity contribution is 5.77. The van der Waals surface area contributed by atoms with Crippen molar-refractivity contribution < 1.29 is 13.9 Å². The standard InChI is InChI=1S/C14H19FN2O2/c1-11-3-4-12(15)9-13(11)19-10-14(18)17-7-2-5-16-6-8-17/h3-4,9,16H,2,5-8,10H2,1H3. The van der Waals surface area contributed by atoms with Crippen molar-refractivity contribution >= 4 is 5.91 Å². The van der Waals surface area contributed by atoms with Crippen LogP contribution in [-0.4, -0.2) is 43.6 Å². The summed E-state index contributed by atoms with van der Waals surface area (Å²) in [6.07, 6.45) is 0.949. The summed E-state index contributed by atoms with van der Waals surface area (Å²) < 4.78 is 18.5. The number of amides is 1. The number of hydrogen-bond donors (Lipinski definition) is 1. The molecule has 0 aliphatic carbocycles. The zero-order valence-corrected chi connectivity index (χ0v) is 11.1. The van der Waals surface area contributed by atoms with Crippen LogP contribution in [0, 0.1) is 12.7 Å². The summed E-state index contributed by atoms with van der Waals surface area (Å²) in [7, 11) is 0. The molecule has 1 aliphatic rings. The molecule has 0 saturated carbocycles. The maximum atomic E-state index is 13.1. The first-order valence-corrected chi connectivity index (χ1v) is 6.54. The number of nitrogens with zero attached hydrogens (tertiary/aromatic N) is 1. The van der Waals surface area contributed by atoms with E-state index in [4.69, 9.17) is 4.74 Å². The van der Waals surface area contributed by atoms with Crippen molar-refractivity contribution in [3.63, 3.8) is 0 Å². The maximum absolute atomic E-state index is 13.1. The van der Waals surface area contributed by atoms with Crippen molar-refractivity contribution in [3.05, 3.63) is 29.6 Å². The zero-order valence-electron chi connectivity index (χ0n) is 11.1. The van der Waals surface area contributed by atoms with Gasteiger partial charge in [0, 0.05) is 25.7 Å². The van der Waals surface area contributed by atoms with Crippen LogP contribution < -0.4 is 10.1 Å². The molecular weight excluding hydrogens is 247 g/mol. The van der Waals surface area contributed by atoms with Gasteiger partial charge in [-0.25, -0.2) is 4.39 Å². The van der Waals surface area contributed by atoms with Crippen LogP contribution in [0.3, 0.4) is 0 Å². The summed E-state index contributed by atoms with van der Waals surface area (Å²) in [5.41, 5.74) is 0.826. The van der Waals surface area contributed by atoms with Crippen LogP contribution in [0.5, 0.6) is 5.75 Å². The van der Waals surface area contributed by atoms with E-state index < -0.39 is 0 Å². The van der Waals surface area contributed by atoms with Gasteiger partial charge in [0.1, 0.15) is 11.6 Å². The average molecular weight is 266 g/mol. The second-order valence-corrected chi connectivity index (χ2v) is 4.68. The number of hydrogen-bond acceptors (Lipinski definition) is 3. The van der Waals surface area contributed by atoms with Crippen molar-refractivity contribution in [2.24, 2.45) is 0 Å². The van der Waals surface area contributed by atoms with Gasteiger partial charge < -0.3 is 15.0 Å². The molecule has 0 radical (unpaired) electrons. The lowest BCUT2D eigenvalue weighted by Gasteiger charge is -2.20. The number of halogens is 1. The molecule has 1 fully saturated rings. The molecule has 19 heavy (non-hydrogen) atoms. The van der Waals surface area contributed by atoms with Crippen molar-refractivity contribution in [1.29, 1.82) is 0 Å². The van der Waals surface area contributed by atoms with Crippen LogP contribution in [0.2, 0.25) is 0 Å². The summed E-state index contributed by atoms with van der Waals surface area (Å²) in [5.74, 6) is 0.0284. The van der Waals surface area contributed by atoms with Gasteiger partial charge in [0.15, 0.2) is 6.61 Å². The molecule has 1 saturated heterocycles. The van der Waals surface area contributed by atoms with E-state index in [1.54, 1.807) is 11.0 Å². The normalized spacial score (nSPS) is 16.0. The van der Waals surface area contributed by atoms with Crippen molar-refractivity contribution in [2.75, 3.05) is 32.8 Å². The predicted octanol–water partition coefficient (Wildman–Crippen LogP) is 1.33. The summed E-state index contributed by atoms with van der Waals surface area (Å²) in [5, 5.41) is 3.24. The first-order valence-electron chi connectivity index (χ1n) is 6.54. The molecule has 1 aromatic carbocycles. The van der Waals surface area contributed by atoms with Gasteiger partial charge in [-0.1, -0.05) is 6.07 Å². The third kappa shape index (κ3) is 3.92. The number of benzene rings is 1. The Morgan fingerprint density at radius 3 is 3.11 bits per heavy atom. The highest BCUT2D eigenvalue weighted by atomic mass is 19.1. The van der Waals surface area contributed by atoms with Gasteiger partial charge in [0.05, 0.1) is 0 Å². The van der Waals surface area contributed by atoms with Crippen LogP contribution >= 0.6 is 0 Å². The lowest BCUT2D eigenvalue weighted by Crippen LogP contribution is -2.37. The molecule has 1 N–H and O–H groups in total. The highest BCUT2D eigenvalue weighted by Gasteiger charge is 2.16. The predicted molar refractivity (Wildman–Crippen MR) is 70.7 cm³/mol. The molecule has 0 unspecified atom stereocenters. The number of carbonyl (C=O) groups excluding carboxylic acids is 1. The fourth-order valence-electron chi connectivity index (χ4n) is 2.06. The van der Waals surface area contributed by atoms with Crippen molar-refractivity contribution in [3.8, 4) is 5.75 Å². The Hall–Kier alpha value is -1.62. The van der Waals surface area contributed by atoms with Gasteiger partial charge in [-0.3, -0.25) is 4.79 Å². The minimum absolute atomic E-state index is 0.0374. The number of carbonyl (C=O) groups is 1. The maximum Gasteiger partial charge on any atom is 0.260 e. The number of rotatable bonds is 3. The largest absolute Gasteiger partial charge is 0.483 e. The molecule has 2 rings (SSSR count). The average Bonchev–Trinajstić information content (AvgIpc) is 2.68. The molecule has 104 valence electrons. The van der Waals surface area contributed by atoms with E-state index in [-0.39, 0.29) is 18.3 Å². The Kier molecular flexibility index (Phi) is 4.74. The molecular formula is C14H19FN2O2. The van der Waals surface area contributed by atoms with E-state index in [0.717, 1.165) is 31.6 Å². The highest BCUT2D eigenvalue weighted by Crippen LogP contribution is 2.18. The van der Waals surface area contributed by atoms with Gasteiger partial charge >= 0.3 is 0 Å². The Balaban J connectivity index is 1.90. The van der Waals surface area contributed by atoms with E-state index in [9.17, 15) is 9.18 Å². The van der Waals surface area contributed by atoms with E-state index in [2.05, 4.69) is 5.32 Å². The Morgan fingerprint density at radius 2 is 2.26 bits per heavy atom. The Bertz CT molecular complexity index is 443. The quantitative estimate of drug-likeness (QED) is 0.897. The molecule has 0 bridgehead atoms. The van der Waals surface area contributed by atoms with Crippen molar-refractivity contribution in [2.45, 2.75) is 13.3 Å². The van der Waals surface area contributed by atoms with Gasteiger partial charge in [0.2, 0.25) is 0 Å². The molecule has 1 aliphatic heterocycles. The van der Waals surface area contributed by atoms with Crippen LogP contribution in [0.1, 0.15) is 12.0 Å². The van der Waals surface area contributed by atoms with Crippen molar-refractivity contribution in [1.82, 2.24) is 10.2 Å². The monoisotopic (exact) mass is 266 g/mol. The summed E-state index contributed by atoms with van der Waals surface area (Å²) in [4.78, 5) is 13.8. The summed E-state index contributed by atoms with van der Waals surface area (Å²) in [6.45, 7) is 4.99. The molecule has 4 nitrogen and oxygen atoms in total. The second kappa shape index (κ2) is 6.52. The number of ether oxygens (including phenoxy) is 1. The molecule has 1 aromatic rings. The lowest BCUT2D eigenvalue weighted by atomic mass is 10.2. The molecule has 5 heteroatoms. The van der Waals surface area contributed by atoms with E-state index >= 15 is 0 Å². The van der Waals surface area contributed by atoms with E-state index in [1.807, 2.05) is 6.92 Å². The minimum atomic E-state index is -0.355. The second-order valence-electron chi connectivity index (χ2n) is 4.68. The Labute approximate surface area is 112 Å². The fraction of sp³-hybridized carbons (Fsp3) is 0.500. The topological polar surface area (TPSA) is 41.6 Å². The van der Waals surface area contributed by atoms with Gasteiger partial charge in [-0.05, 0) is 31.5 Å². The fourth-order valence-corrected chi connectivity index (χ4v) is 2.06. The van der Waals surface area contributed by atoms with Gasteiger partial charge in [-0.15, -0.1) is 0 Å². The zero-order chi connectivity index (χ0) is 13.7. The third-order valence-electron chi connectivity index (χ3n) is 3.19. The first kappa shape index (κ1) is 13.8. The van der Waals surface area contributed by atoms with E-state index in [1.165, 1.54) is 12.1 Å². The van der Waals surface area contributed by atoms with Gasteiger partial charge in [0.25, 0.3) is 5.91 Å². The molecule has 1 amide bonds. The van der Waals surface area contributed by atoms with E-state index in [0.29, 0.717) is 12.3 Å². The van der Waals surface area contributed by atoms with Crippen LogP contribution in [0.25, 0.3) is 0 Å². The summed E-state index contributed by atoms with van der Waals surface area (Å²) >= 11 is 0. The number of aryl methyl sites for hydroxylation is 1. The van der Waals surface area contributed by atoms with Crippen LogP contribution in [-0.2, 0) is 4.79 Å². The minimum Gasteiger partial charge on any atom is -0.483 e. The van der Waals surface area contributed by atoms with Gasteiger partial charge in [-0.2, -0.15) is 0 Å². The van der Waals surface area contributed by atoms with Crippen LogP contribution in [0.4, 0.5) is 4.39 Å². The summed E-state index contributed by atoms with van der Waals surface area (Å²) in [6, 6.07) is 4.34.